The lowest BCUT2D eigenvalue weighted by Crippen LogP contribution is -2.50. The van der Waals surface area contributed by atoms with E-state index in [4.69, 9.17) is 0 Å². The molecule has 1 aromatic rings. The molecule has 2 rings (SSSR count). The minimum Gasteiger partial charge on any atom is -0.337 e. The summed E-state index contributed by atoms with van der Waals surface area (Å²) in [7, 11) is 0. The molecule has 0 atom stereocenters. The first-order valence-electron chi connectivity index (χ1n) is 4.20. The largest absolute Gasteiger partial charge is 0.337 e. The summed E-state index contributed by atoms with van der Waals surface area (Å²) in [5, 5.41) is 2.94. The topological polar surface area (TPSA) is 20.3 Å². The maximum absolute atomic E-state index is 11.7. The molecule has 0 N–H and O–H groups in total. The molecule has 70 valence electrons. The number of rotatable bonds is 2. The number of carbonyl (C=O) groups excluding carboxylic acids is 1. The molecule has 0 saturated carbocycles. The molecule has 1 fully saturated rings. The zero-order valence-electron chi connectivity index (χ0n) is 7.07. The van der Waals surface area contributed by atoms with Crippen LogP contribution in [0.3, 0.4) is 0 Å². The van der Waals surface area contributed by atoms with Gasteiger partial charge in [-0.1, -0.05) is 22.0 Å². The van der Waals surface area contributed by atoms with Crippen molar-refractivity contribution < 1.29 is 4.79 Å². The number of amides is 1. The first kappa shape index (κ1) is 9.21. The fourth-order valence-electron chi connectivity index (χ4n) is 1.39. The van der Waals surface area contributed by atoms with Crippen molar-refractivity contribution in [2.75, 3.05) is 18.4 Å². The second kappa shape index (κ2) is 3.80. The molecule has 0 bridgehead atoms. The smallest absolute Gasteiger partial charge is 0.263 e. The van der Waals surface area contributed by atoms with Crippen LogP contribution < -0.4 is 0 Å². The lowest BCUT2D eigenvalue weighted by molar-refractivity contribution is 0.0544. The van der Waals surface area contributed by atoms with E-state index < -0.39 is 0 Å². The van der Waals surface area contributed by atoms with Crippen LogP contribution in [0.4, 0.5) is 0 Å². The molecular weight excluding hydrogens is 250 g/mol. The summed E-state index contributed by atoms with van der Waals surface area (Å²) in [4.78, 5) is 14.4. The molecule has 0 spiro atoms. The molecular formula is C9H10BrNOS. The van der Waals surface area contributed by atoms with Gasteiger partial charge in [0.1, 0.15) is 0 Å². The number of alkyl halides is 1. The lowest BCUT2D eigenvalue weighted by Gasteiger charge is -2.38. The van der Waals surface area contributed by atoms with E-state index in [0.717, 1.165) is 23.3 Å². The number of carbonyl (C=O) groups is 1. The van der Waals surface area contributed by atoms with E-state index in [-0.39, 0.29) is 5.91 Å². The Balaban J connectivity index is 1.94. The fourth-order valence-corrected chi connectivity index (χ4v) is 2.49. The van der Waals surface area contributed by atoms with Gasteiger partial charge in [-0.2, -0.15) is 0 Å². The molecule has 1 aromatic heterocycles. The molecule has 2 nitrogen and oxygen atoms in total. The average molecular weight is 260 g/mol. The van der Waals surface area contributed by atoms with Crippen LogP contribution in [0.25, 0.3) is 0 Å². The van der Waals surface area contributed by atoms with Crippen LogP contribution >= 0.6 is 27.3 Å². The summed E-state index contributed by atoms with van der Waals surface area (Å²) < 4.78 is 0. The first-order valence-corrected chi connectivity index (χ1v) is 6.20. The molecule has 1 saturated heterocycles. The summed E-state index contributed by atoms with van der Waals surface area (Å²) in [6, 6.07) is 3.80. The number of halogens is 1. The summed E-state index contributed by atoms with van der Waals surface area (Å²) in [6.45, 7) is 1.81. The molecule has 4 heteroatoms. The van der Waals surface area contributed by atoms with Gasteiger partial charge in [0.15, 0.2) is 0 Å². The predicted octanol–water partition coefficient (Wildman–Crippen LogP) is 2.21. The van der Waals surface area contributed by atoms with Gasteiger partial charge in [-0.05, 0) is 11.4 Å². The van der Waals surface area contributed by atoms with E-state index in [2.05, 4.69) is 15.9 Å². The maximum Gasteiger partial charge on any atom is 0.263 e. The normalized spacial score (nSPS) is 17.2. The predicted molar refractivity (Wildman–Crippen MR) is 57.5 cm³/mol. The molecule has 1 aliphatic heterocycles. The van der Waals surface area contributed by atoms with E-state index in [1.165, 1.54) is 11.3 Å². The van der Waals surface area contributed by atoms with Crippen molar-refractivity contribution in [2.45, 2.75) is 0 Å². The highest BCUT2D eigenvalue weighted by atomic mass is 79.9. The number of nitrogens with zero attached hydrogens (tertiary/aromatic N) is 1. The monoisotopic (exact) mass is 259 g/mol. The molecule has 0 aliphatic carbocycles. The van der Waals surface area contributed by atoms with E-state index in [1.807, 2.05) is 22.4 Å². The van der Waals surface area contributed by atoms with Crippen LogP contribution in [0.15, 0.2) is 17.5 Å². The number of thiophene rings is 1. The Morgan fingerprint density at radius 3 is 3.00 bits per heavy atom. The minimum absolute atomic E-state index is 0.187. The highest BCUT2D eigenvalue weighted by Gasteiger charge is 2.30. The van der Waals surface area contributed by atoms with Gasteiger partial charge in [0, 0.05) is 24.3 Å². The number of hydrogen-bond acceptors (Lipinski definition) is 2. The molecule has 13 heavy (non-hydrogen) atoms. The quantitative estimate of drug-likeness (QED) is 0.746. The van der Waals surface area contributed by atoms with Gasteiger partial charge in [-0.15, -0.1) is 11.3 Å². The Labute approximate surface area is 89.7 Å². The Morgan fingerprint density at radius 2 is 2.46 bits per heavy atom. The van der Waals surface area contributed by atoms with Gasteiger partial charge in [-0.3, -0.25) is 4.79 Å². The Bertz CT molecular complexity index is 293. The van der Waals surface area contributed by atoms with Gasteiger partial charge in [-0.25, -0.2) is 0 Å². The molecule has 0 radical (unpaired) electrons. The first-order chi connectivity index (χ1) is 6.31. The second-order valence-electron chi connectivity index (χ2n) is 3.21. The molecule has 0 unspecified atom stereocenters. The Kier molecular flexibility index (Phi) is 2.69. The van der Waals surface area contributed by atoms with Crippen LogP contribution in [0.1, 0.15) is 9.67 Å². The number of likely N-dealkylation sites (tertiary alicyclic amines) is 1. The van der Waals surface area contributed by atoms with Crippen molar-refractivity contribution in [3.8, 4) is 0 Å². The van der Waals surface area contributed by atoms with Gasteiger partial charge < -0.3 is 4.90 Å². The van der Waals surface area contributed by atoms with Crippen LogP contribution in [-0.4, -0.2) is 29.2 Å². The number of hydrogen-bond donors (Lipinski definition) is 0. The van der Waals surface area contributed by atoms with E-state index in [9.17, 15) is 4.79 Å². The zero-order valence-corrected chi connectivity index (χ0v) is 9.47. The van der Waals surface area contributed by atoms with Crippen molar-refractivity contribution >= 4 is 33.2 Å². The Morgan fingerprint density at radius 1 is 1.69 bits per heavy atom. The third kappa shape index (κ3) is 1.79. The third-order valence-corrected chi connectivity index (χ3v) is 3.97. The minimum atomic E-state index is 0.187. The van der Waals surface area contributed by atoms with Crippen molar-refractivity contribution in [3.05, 3.63) is 22.4 Å². The molecule has 1 amide bonds. The Hall–Kier alpha value is -0.350. The summed E-state index contributed by atoms with van der Waals surface area (Å²) in [5.74, 6) is 0.844. The van der Waals surface area contributed by atoms with Crippen LogP contribution in [0.5, 0.6) is 0 Å². The van der Waals surface area contributed by atoms with Crippen molar-refractivity contribution in [2.24, 2.45) is 5.92 Å². The van der Waals surface area contributed by atoms with Gasteiger partial charge >= 0.3 is 0 Å². The van der Waals surface area contributed by atoms with E-state index in [1.54, 1.807) is 0 Å². The third-order valence-electron chi connectivity index (χ3n) is 2.19. The second-order valence-corrected chi connectivity index (χ2v) is 4.80. The van der Waals surface area contributed by atoms with E-state index in [0.29, 0.717) is 5.92 Å². The zero-order chi connectivity index (χ0) is 9.26. The summed E-state index contributed by atoms with van der Waals surface area (Å²) >= 11 is 4.93. The highest BCUT2D eigenvalue weighted by Crippen LogP contribution is 2.21. The van der Waals surface area contributed by atoms with Crippen molar-refractivity contribution in [1.29, 1.82) is 0 Å². The van der Waals surface area contributed by atoms with Crippen molar-refractivity contribution in [3.63, 3.8) is 0 Å². The van der Waals surface area contributed by atoms with Crippen molar-refractivity contribution in [1.82, 2.24) is 4.90 Å². The molecule has 2 heterocycles. The SMILES string of the molecule is O=C(c1cccs1)N1CC(CBr)C1. The average Bonchev–Trinajstić information content (AvgIpc) is 2.53. The molecule has 1 aliphatic rings. The molecule has 0 aromatic carbocycles. The maximum atomic E-state index is 11.7. The highest BCUT2D eigenvalue weighted by molar-refractivity contribution is 9.09. The van der Waals surface area contributed by atoms with Gasteiger partial charge in [0.2, 0.25) is 0 Å². The summed E-state index contributed by atoms with van der Waals surface area (Å²) in [6.07, 6.45) is 0. The van der Waals surface area contributed by atoms with Crippen LogP contribution in [-0.2, 0) is 0 Å². The van der Waals surface area contributed by atoms with Gasteiger partial charge in [0.05, 0.1) is 4.88 Å². The summed E-state index contributed by atoms with van der Waals surface area (Å²) in [5.41, 5.74) is 0. The standard InChI is InChI=1S/C9H10BrNOS/c10-4-7-5-11(6-7)9(12)8-2-1-3-13-8/h1-3,7H,4-6H2. The van der Waals surface area contributed by atoms with Crippen LogP contribution in [0.2, 0.25) is 0 Å². The van der Waals surface area contributed by atoms with Crippen LogP contribution in [0, 0.1) is 5.92 Å². The fraction of sp³-hybridized carbons (Fsp3) is 0.444. The lowest BCUT2D eigenvalue weighted by atomic mass is 10.0. The van der Waals surface area contributed by atoms with E-state index >= 15 is 0 Å². The van der Waals surface area contributed by atoms with Gasteiger partial charge in [0.25, 0.3) is 5.91 Å².